The van der Waals surface area contributed by atoms with Crippen LogP contribution in [0.25, 0.3) is 0 Å². The minimum absolute atomic E-state index is 0.0713. The van der Waals surface area contributed by atoms with Crippen LogP contribution < -0.4 is 10.6 Å². The standard InChI is InChI=1S/C13H27N3O2/c1-10(2)7-12(8-16(3)4)15-13(17)14-11-5-6-18-9-11/h10-12H,5-9H2,1-4H3,(H2,14,15,17). The van der Waals surface area contributed by atoms with Crippen LogP contribution >= 0.6 is 0 Å². The Kier molecular flexibility index (Phi) is 6.43. The maximum Gasteiger partial charge on any atom is 0.315 e. The lowest BCUT2D eigenvalue weighted by atomic mass is 10.0. The summed E-state index contributed by atoms with van der Waals surface area (Å²) in [6, 6.07) is 0.296. The van der Waals surface area contributed by atoms with E-state index in [2.05, 4.69) is 29.4 Å². The second-order valence-corrected chi connectivity index (χ2v) is 5.77. The first-order valence-corrected chi connectivity index (χ1v) is 6.77. The highest BCUT2D eigenvalue weighted by atomic mass is 16.5. The molecule has 1 heterocycles. The molecule has 5 heteroatoms. The van der Waals surface area contributed by atoms with E-state index in [-0.39, 0.29) is 18.1 Å². The molecule has 1 saturated heterocycles. The number of nitrogens with one attached hydrogen (secondary N) is 2. The van der Waals surface area contributed by atoms with Gasteiger partial charge in [0, 0.05) is 19.2 Å². The highest BCUT2D eigenvalue weighted by molar-refractivity contribution is 5.74. The Morgan fingerprint density at radius 1 is 1.44 bits per heavy atom. The molecule has 1 fully saturated rings. The number of likely N-dealkylation sites (N-methyl/N-ethyl adjacent to an activating group) is 1. The van der Waals surface area contributed by atoms with Gasteiger partial charge in [0.25, 0.3) is 0 Å². The number of carbonyl (C=O) groups is 1. The van der Waals surface area contributed by atoms with Gasteiger partial charge in [-0.05, 0) is 32.9 Å². The van der Waals surface area contributed by atoms with E-state index in [1.165, 1.54) is 0 Å². The number of hydrogen-bond acceptors (Lipinski definition) is 3. The summed E-state index contributed by atoms with van der Waals surface area (Å²) in [5, 5.41) is 6.02. The number of ether oxygens (including phenoxy) is 1. The van der Waals surface area contributed by atoms with E-state index >= 15 is 0 Å². The van der Waals surface area contributed by atoms with Gasteiger partial charge in [-0.3, -0.25) is 0 Å². The molecule has 1 aliphatic rings. The van der Waals surface area contributed by atoms with Crippen LogP contribution in [0.5, 0.6) is 0 Å². The minimum atomic E-state index is -0.0713. The van der Waals surface area contributed by atoms with E-state index in [1.54, 1.807) is 0 Å². The van der Waals surface area contributed by atoms with E-state index in [9.17, 15) is 4.79 Å². The zero-order valence-electron chi connectivity index (χ0n) is 12.0. The van der Waals surface area contributed by atoms with Gasteiger partial charge < -0.3 is 20.3 Å². The molecule has 2 unspecified atom stereocenters. The molecule has 18 heavy (non-hydrogen) atoms. The Hall–Kier alpha value is -0.810. The summed E-state index contributed by atoms with van der Waals surface area (Å²) in [6.07, 6.45) is 1.91. The zero-order chi connectivity index (χ0) is 13.5. The highest BCUT2D eigenvalue weighted by Crippen LogP contribution is 2.06. The molecule has 1 aliphatic heterocycles. The Balaban J connectivity index is 2.35. The van der Waals surface area contributed by atoms with Gasteiger partial charge in [-0.2, -0.15) is 0 Å². The Bertz CT molecular complexity index is 241. The van der Waals surface area contributed by atoms with Crippen LogP contribution in [0.15, 0.2) is 0 Å². The average molecular weight is 257 g/mol. The van der Waals surface area contributed by atoms with Crippen molar-refractivity contribution in [1.82, 2.24) is 15.5 Å². The fourth-order valence-electron chi connectivity index (χ4n) is 2.25. The van der Waals surface area contributed by atoms with Crippen LogP contribution in [0.4, 0.5) is 4.79 Å². The van der Waals surface area contributed by atoms with Crippen LogP contribution in [0.3, 0.4) is 0 Å². The number of urea groups is 1. The van der Waals surface area contributed by atoms with Crippen molar-refractivity contribution in [3.05, 3.63) is 0 Å². The number of carbonyl (C=O) groups excluding carboxylic acids is 1. The van der Waals surface area contributed by atoms with Crippen molar-refractivity contribution >= 4 is 6.03 Å². The van der Waals surface area contributed by atoms with E-state index in [0.717, 1.165) is 26.0 Å². The van der Waals surface area contributed by atoms with Gasteiger partial charge in [-0.25, -0.2) is 4.79 Å². The van der Waals surface area contributed by atoms with E-state index < -0.39 is 0 Å². The van der Waals surface area contributed by atoms with E-state index in [4.69, 9.17) is 4.74 Å². The molecule has 2 amide bonds. The predicted octanol–water partition coefficient (Wildman–Crippen LogP) is 1.05. The summed E-state index contributed by atoms with van der Waals surface area (Å²) < 4.78 is 5.24. The Morgan fingerprint density at radius 2 is 2.17 bits per heavy atom. The molecular weight excluding hydrogens is 230 g/mol. The summed E-state index contributed by atoms with van der Waals surface area (Å²) in [6.45, 7) is 6.60. The molecule has 0 bridgehead atoms. The topological polar surface area (TPSA) is 53.6 Å². The quantitative estimate of drug-likeness (QED) is 0.748. The first kappa shape index (κ1) is 15.2. The zero-order valence-corrected chi connectivity index (χ0v) is 12.0. The molecule has 2 N–H and O–H groups in total. The van der Waals surface area contributed by atoms with Crippen LogP contribution in [0.2, 0.25) is 0 Å². The number of rotatable bonds is 6. The largest absolute Gasteiger partial charge is 0.379 e. The van der Waals surface area contributed by atoms with Gasteiger partial charge >= 0.3 is 6.03 Å². The molecule has 5 nitrogen and oxygen atoms in total. The van der Waals surface area contributed by atoms with Gasteiger partial charge in [0.15, 0.2) is 0 Å². The van der Waals surface area contributed by atoms with Gasteiger partial charge in [0.2, 0.25) is 0 Å². The van der Waals surface area contributed by atoms with Crippen molar-refractivity contribution < 1.29 is 9.53 Å². The summed E-state index contributed by atoms with van der Waals surface area (Å²) >= 11 is 0. The summed E-state index contributed by atoms with van der Waals surface area (Å²) in [5.74, 6) is 0.574. The predicted molar refractivity (Wildman–Crippen MR) is 72.7 cm³/mol. The lowest BCUT2D eigenvalue weighted by Gasteiger charge is -2.24. The molecule has 0 spiro atoms. The molecule has 1 rings (SSSR count). The van der Waals surface area contributed by atoms with Crippen molar-refractivity contribution in [3.63, 3.8) is 0 Å². The Labute approximate surface area is 110 Å². The molecule has 0 radical (unpaired) electrons. The van der Waals surface area contributed by atoms with Gasteiger partial charge in [0.1, 0.15) is 0 Å². The van der Waals surface area contributed by atoms with E-state index in [1.807, 2.05) is 14.1 Å². The SMILES string of the molecule is CC(C)CC(CN(C)C)NC(=O)NC1CCOC1. The average Bonchev–Trinajstić information content (AvgIpc) is 2.67. The summed E-state index contributed by atoms with van der Waals surface area (Å²) in [5.41, 5.74) is 0. The Morgan fingerprint density at radius 3 is 2.67 bits per heavy atom. The lowest BCUT2D eigenvalue weighted by molar-refractivity contribution is 0.187. The molecular formula is C13H27N3O2. The maximum absolute atomic E-state index is 11.9. The van der Waals surface area contributed by atoms with Crippen LogP contribution in [-0.2, 0) is 4.74 Å². The minimum Gasteiger partial charge on any atom is -0.379 e. The fourth-order valence-corrected chi connectivity index (χ4v) is 2.25. The van der Waals surface area contributed by atoms with Crippen LogP contribution in [0.1, 0.15) is 26.7 Å². The second kappa shape index (κ2) is 7.59. The molecule has 0 aromatic carbocycles. The van der Waals surface area contributed by atoms with Crippen molar-refractivity contribution in [2.45, 2.75) is 38.8 Å². The molecule has 0 aromatic heterocycles. The van der Waals surface area contributed by atoms with Gasteiger partial charge in [-0.15, -0.1) is 0 Å². The normalized spacial score (nSPS) is 21.3. The first-order valence-electron chi connectivity index (χ1n) is 6.77. The maximum atomic E-state index is 11.9. The third-order valence-electron chi connectivity index (χ3n) is 2.94. The molecule has 2 atom stereocenters. The van der Waals surface area contributed by atoms with Gasteiger partial charge in [-0.1, -0.05) is 13.8 Å². The molecule has 0 saturated carbocycles. The second-order valence-electron chi connectivity index (χ2n) is 5.77. The number of amides is 2. The molecule has 106 valence electrons. The molecule has 0 aromatic rings. The van der Waals surface area contributed by atoms with Crippen molar-refractivity contribution in [2.24, 2.45) is 5.92 Å². The monoisotopic (exact) mass is 257 g/mol. The molecule has 0 aliphatic carbocycles. The van der Waals surface area contributed by atoms with Crippen molar-refractivity contribution in [2.75, 3.05) is 33.9 Å². The fraction of sp³-hybridized carbons (Fsp3) is 0.923. The first-order chi connectivity index (χ1) is 8.47. The van der Waals surface area contributed by atoms with Crippen LogP contribution in [-0.4, -0.2) is 56.9 Å². The summed E-state index contributed by atoms with van der Waals surface area (Å²) in [4.78, 5) is 14.0. The highest BCUT2D eigenvalue weighted by Gasteiger charge is 2.20. The number of nitrogens with zero attached hydrogens (tertiary/aromatic N) is 1. The number of hydrogen-bond donors (Lipinski definition) is 2. The van der Waals surface area contributed by atoms with Gasteiger partial charge in [0.05, 0.1) is 12.6 Å². The third kappa shape index (κ3) is 6.21. The summed E-state index contributed by atoms with van der Waals surface area (Å²) in [7, 11) is 4.05. The van der Waals surface area contributed by atoms with Crippen molar-refractivity contribution in [1.29, 1.82) is 0 Å². The smallest absolute Gasteiger partial charge is 0.315 e. The lowest BCUT2D eigenvalue weighted by Crippen LogP contribution is -2.49. The van der Waals surface area contributed by atoms with Crippen molar-refractivity contribution in [3.8, 4) is 0 Å². The van der Waals surface area contributed by atoms with E-state index in [0.29, 0.717) is 12.5 Å². The van der Waals surface area contributed by atoms with Crippen LogP contribution in [0, 0.1) is 5.92 Å². The third-order valence-corrected chi connectivity index (χ3v) is 2.94.